The van der Waals surface area contributed by atoms with Gasteiger partial charge < -0.3 is 0 Å². The first-order chi connectivity index (χ1) is 12.6. The lowest BCUT2D eigenvalue weighted by Gasteiger charge is -2.10. The van der Waals surface area contributed by atoms with Crippen molar-refractivity contribution >= 4 is 53.4 Å². The zero-order chi connectivity index (χ0) is 19.7. The highest BCUT2D eigenvalue weighted by atomic mass is 32.2. The van der Waals surface area contributed by atoms with Crippen LogP contribution in [0.5, 0.6) is 0 Å². The topological polar surface area (TPSA) is 97.8 Å². The fourth-order valence-electron chi connectivity index (χ4n) is 3.07. The Morgan fingerprint density at radius 1 is 0.963 bits per heavy atom. The van der Waals surface area contributed by atoms with Crippen molar-refractivity contribution in [2.45, 2.75) is 13.8 Å². The molecule has 0 radical (unpaired) electrons. The number of aryl methyl sites for hydroxylation is 2. The van der Waals surface area contributed by atoms with Crippen LogP contribution < -0.4 is 5.43 Å². The van der Waals surface area contributed by atoms with Gasteiger partial charge in [-0.15, -0.1) is 20.7 Å². The van der Waals surface area contributed by atoms with Crippen molar-refractivity contribution in [2.24, 2.45) is 0 Å². The largest absolute Gasteiger partial charge is 0.289 e. The summed E-state index contributed by atoms with van der Waals surface area (Å²) in [4.78, 5) is 38.0. The van der Waals surface area contributed by atoms with Crippen molar-refractivity contribution in [2.75, 3.05) is 6.26 Å². The molecule has 0 bridgehead atoms. The molecule has 0 aliphatic carbocycles. The zero-order valence-electron chi connectivity index (χ0n) is 14.5. The van der Waals surface area contributed by atoms with Crippen molar-refractivity contribution < 1.29 is 22.3 Å². The van der Waals surface area contributed by atoms with Gasteiger partial charge in [-0.2, -0.15) is 8.42 Å². The highest BCUT2D eigenvalue weighted by Gasteiger charge is 2.41. The first-order valence-corrected chi connectivity index (χ1v) is 10.5. The molecule has 9 heteroatoms. The average Bonchev–Trinajstić information content (AvgIpc) is 2.81. The van der Waals surface area contributed by atoms with Crippen molar-refractivity contribution in [1.82, 2.24) is 5.06 Å². The summed E-state index contributed by atoms with van der Waals surface area (Å²) in [6.07, 6.45) is 0.742. The Morgan fingerprint density at radius 2 is 1.63 bits per heavy atom. The summed E-state index contributed by atoms with van der Waals surface area (Å²) in [5.41, 5.74) is 1.73. The minimum atomic E-state index is -4.07. The molecule has 27 heavy (non-hydrogen) atoms. The Balaban J connectivity index is 2.05. The molecule has 0 atom stereocenters. The molecule has 0 fully saturated rings. The van der Waals surface area contributed by atoms with Gasteiger partial charge in [0.05, 0.1) is 22.1 Å². The van der Waals surface area contributed by atoms with E-state index in [-0.39, 0.29) is 21.6 Å². The molecule has 1 aliphatic rings. The van der Waals surface area contributed by atoms with Crippen molar-refractivity contribution in [3.05, 3.63) is 56.7 Å². The number of imide groups is 1. The van der Waals surface area contributed by atoms with Crippen LogP contribution in [-0.4, -0.2) is 31.6 Å². The van der Waals surface area contributed by atoms with Gasteiger partial charge in [0.1, 0.15) is 0 Å². The maximum absolute atomic E-state index is 12.9. The van der Waals surface area contributed by atoms with Crippen molar-refractivity contribution in [3.63, 3.8) is 0 Å². The van der Waals surface area contributed by atoms with Crippen LogP contribution in [0.4, 0.5) is 0 Å². The number of rotatable bonds is 2. The van der Waals surface area contributed by atoms with E-state index in [0.29, 0.717) is 20.2 Å². The fourth-order valence-corrected chi connectivity index (χ4v) is 4.76. The Labute approximate surface area is 157 Å². The van der Waals surface area contributed by atoms with E-state index in [1.165, 1.54) is 23.5 Å². The molecule has 2 amide bonds. The third-order valence-corrected chi connectivity index (χ3v) is 6.08. The number of carbonyl (C=O) groups is 2. The molecule has 0 saturated heterocycles. The van der Waals surface area contributed by atoms with E-state index in [1.54, 1.807) is 0 Å². The Hall–Kier alpha value is -2.62. The van der Waals surface area contributed by atoms with E-state index in [9.17, 15) is 22.8 Å². The van der Waals surface area contributed by atoms with E-state index in [4.69, 9.17) is 0 Å². The van der Waals surface area contributed by atoms with Crippen molar-refractivity contribution in [3.8, 4) is 0 Å². The van der Waals surface area contributed by atoms with E-state index in [2.05, 4.69) is 4.28 Å². The number of carbonyl (C=O) groups excluding carboxylic acids is 2. The molecule has 0 spiro atoms. The molecule has 0 N–H and O–H groups in total. The lowest BCUT2D eigenvalue weighted by molar-refractivity contribution is -0.00972. The van der Waals surface area contributed by atoms with E-state index in [1.807, 2.05) is 26.0 Å². The van der Waals surface area contributed by atoms with Gasteiger partial charge in [-0.25, -0.2) is 0 Å². The maximum Gasteiger partial charge on any atom is 0.288 e. The van der Waals surface area contributed by atoms with Crippen LogP contribution in [0.15, 0.2) is 29.1 Å². The minimum Gasteiger partial charge on any atom is -0.289 e. The normalized spacial score (nSPS) is 14.4. The van der Waals surface area contributed by atoms with Gasteiger partial charge in [0.25, 0.3) is 21.9 Å². The van der Waals surface area contributed by atoms with Gasteiger partial charge in [0, 0.05) is 15.5 Å². The second-order valence-corrected chi connectivity index (χ2v) is 9.02. The molecule has 0 saturated carbocycles. The van der Waals surface area contributed by atoms with Gasteiger partial charge in [0.15, 0.2) is 5.43 Å². The SMILES string of the molecule is Cc1cc2sc3c4c(ccc3c(=O)c2cc1C)C(=O)N(OS(C)(=O)=O)C4=O. The number of hydroxylamine groups is 2. The van der Waals surface area contributed by atoms with Crippen LogP contribution >= 0.6 is 11.3 Å². The lowest BCUT2D eigenvalue weighted by Crippen LogP contribution is -2.32. The summed E-state index contributed by atoms with van der Waals surface area (Å²) in [5.74, 6) is -1.77. The molecule has 4 rings (SSSR count). The summed E-state index contributed by atoms with van der Waals surface area (Å²) in [6, 6.07) is 6.51. The predicted molar refractivity (Wildman–Crippen MR) is 102 cm³/mol. The third kappa shape index (κ3) is 2.66. The summed E-state index contributed by atoms with van der Waals surface area (Å²) < 4.78 is 28.3. The third-order valence-electron chi connectivity index (χ3n) is 4.48. The fraction of sp³-hybridized carbons (Fsp3) is 0.167. The number of hydrogen-bond acceptors (Lipinski definition) is 7. The first-order valence-electron chi connectivity index (χ1n) is 7.87. The number of hydrogen-bond donors (Lipinski definition) is 0. The summed E-state index contributed by atoms with van der Waals surface area (Å²) in [6.45, 7) is 3.83. The molecular formula is C18H13NO6S2. The number of fused-ring (bicyclic) bond motifs is 4. The number of nitrogens with zero attached hydrogens (tertiary/aromatic N) is 1. The number of benzene rings is 2. The van der Waals surface area contributed by atoms with Crippen LogP contribution in [-0.2, 0) is 14.4 Å². The van der Waals surface area contributed by atoms with Crippen molar-refractivity contribution in [1.29, 1.82) is 0 Å². The highest BCUT2D eigenvalue weighted by molar-refractivity contribution is 7.85. The molecule has 1 aromatic heterocycles. The van der Waals surface area contributed by atoms with Gasteiger partial charge in [-0.3, -0.25) is 14.4 Å². The van der Waals surface area contributed by atoms with E-state index < -0.39 is 21.9 Å². The summed E-state index contributed by atoms with van der Waals surface area (Å²) in [5, 5.41) is 1.06. The van der Waals surface area contributed by atoms with Crippen LogP contribution in [0.1, 0.15) is 31.8 Å². The summed E-state index contributed by atoms with van der Waals surface area (Å²) >= 11 is 1.21. The van der Waals surface area contributed by atoms with Gasteiger partial charge >= 0.3 is 0 Å². The number of amides is 2. The predicted octanol–water partition coefficient (Wildman–Crippen LogP) is 2.52. The van der Waals surface area contributed by atoms with Crippen LogP contribution in [0, 0.1) is 13.8 Å². The standard InChI is InChI=1S/C18H13NO6S2/c1-8-6-12-13(7-9(8)2)26-16-11(15(12)20)5-4-10-14(16)18(22)19(17(10)21)25-27(3,23)24/h4-7H,1-3H3. The lowest BCUT2D eigenvalue weighted by atomic mass is 10.0. The quantitative estimate of drug-likeness (QED) is 0.482. The Bertz CT molecular complexity index is 1350. The maximum atomic E-state index is 12.9. The zero-order valence-corrected chi connectivity index (χ0v) is 16.2. The van der Waals surface area contributed by atoms with Crippen LogP contribution in [0.3, 0.4) is 0 Å². The Kier molecular flexibility index (Phi) is 3.74. The molecule has 2 heterocycles. The molecule has 138 valence electrons. The van der Waals surface area contributed by atoms with Crippen LogP contribution in [0.2, 0.25) is 0 Å². The van der Waals surface area contributed by atoms with E-state index >= 15 is 0 Å². The second-order valence-electron chi connectivity index (χ2n) is 6.41. The van der Waals surface area contributed by atoms with Crippen LogP contribution in [0.25, 0.3) is 20.2 Å². The molecule has 2 aromatic carbocycles. The molecule has 0 unspecified atom stereocenters. The average molecular weight is 403 g/mol. The van der Waals surface area contributed by atoms with Gasteiger partial charge in [-0.05, 0) is 49.2 Å². The first kappa shape index (κ1) is 17.8. The molecule has 7 nitrogen and oxygen atoms in total. The molecular weight excluding hydrogens is 390 g/mol. The Morgan fingerprint density at radius 3 is 2.30 bits per heavy atom. The highest BCUT2D eigenvalue weighted by Crippen LogP contribution is 2.35. The molecule has 3 aromatic rings. The minimum absolute atomic E-state index is 0.00924. The smallest absolute Gasteiger partial charge is 0.288 e. The summed E-state index contributed by atoms with van der Waals surface area (Å²) in [7, 11) is -4.07. The van der Waals surface area contributed by atoms with Gasteiger partial charge in [0.2, 0.25) is 0 Å². The van der Waals surface area contributed by atoms with E-state index in [0.717, 1.165) is 17.4 Å². The second kappa shape index (κ2) is 5.69. The van der Waals surface area contributed by atoms with Gasteiger partial charge in [-0.1, -0.05) is 0 Å². The molecule has 1 aliphatic heterocycles. The monoisotopic (exact) mass is 403 g/mol.